The predicted molar refractivity (Wildman–Crippen MR) is 59.6 cm³/mol. The number of rotatable bonds is 4. The zero-order chi connectivity index (χ0) is 11.3. The van der Waals surface area contributed by atoms with E-state index >= 15 is 0 Å². The maximum Gasteiger partial charge on any atom is 0.315 e. The first-order chi connectivity index (χ1) is 7.13. The van der Waals surface area contributed by atoms with Crippen molar-refractivity contribution < 1.29 is 9.90 Å². The Morgan fingerprint density at radius 1 is 1.40 bits per heavy atom. The van der Waals surface area contributed by atoms with Crippen molar-refractivity contribution >= 4 is 6.03 Å². The molecule has 1 rings (SSSR count). The van der Waals surface area contributed by atoms with E-state index in [0.717, 1.165) is 12.8 Å². The number of amides is 2. The van der Waals surface area contributed by atoms with Crippen LogP contribution in [-0.4, -0.2) is 29.8 Å². The zero-order valence-electron chi connectivity index (χ0n) is 9.62. The largest absolute Gasteiger partial charge is 0.394 e. The number of aliphatic hydroxyl groups excluding tert-OH is 1. The first kappa shape index (κ1) is 12.3. The summed E-state index contributed by atoms with van der Waals surface area (Å²) in [4.78, 5) is 11.5. The van der Waals surface area contributed by atoms with E-state index in [1.165, 1.54) is 12.8 Å². The van der Waals surface area contributed by atoms with E-state index in [0.29, 0.717) is 6.04 Å². The van der Waals surface area contributed by atoms with Crippen molar-refractivity contribution in [3.63, 3.8) is 0 Å². The van der Waals surface area contributed by atoms with Crippen LogP contribution >= 0.6 is 0 Å². The molecule has 88 valence electrons. The van der Waals surface area contributed by atoms with Gasteiger partial charge < -0.3 is 15.7 Å². The Bertz CT molecular complexity index is 201. The van der Waals surface area contributed by atoms with Crippen LogP contribution in [-0.2, 0) is 0 Å². The molecule has 0 aliphatic heterocycles. The lowest BCUT2D eigenvalue weighted by Gasteiger charge is -2.21. The molecule has 1 unspecified atom stereocenters. The molecule has 0 aromatic rings. The van der Waals surface area contributed by atoms with Crippen molar-refractivity contribution in [2.24, 2.45) is 5.92 Å². The monoisotopic (exact) mass is 214 g/mol. The van der Waals surface area contributed by atoms with Gasteiger partial charge in [-0.25, -0.2) is 4.79 Å². The van der Waals surface area contributed by atoms with E-state index in [1.807, 2.05) is 13.8 Å². The molecule has 0 spiro atoms. The Labute approximate surface area is 91.4 Å². The number of carbonyl (C=O) groups excluding carboxylic acids is 1. The third kappa shape index (κ3) is 4.08. The normalized spacial score (nSPS) is 19.2. The second kappa shape index (κ2) is 5.95. The van der Waals surface area contributed by atoms with Crippen molar-refractivity contribution in [3.05, 3.63) is 0 Å². The van der Waals surface area contributed by atoms with Crippen LogP contribution < -0.4 is 10.6 Å². The number of nitrogens with one attached hydrogen (secondary N) is 2. The van der Waals surface area contributed by atoms with Crippen LogP contribution in [0, 0.1) is 5.92 Å². The Morgan fingerprint density at radius 3 is 2.47 bits per heavy atom. The summed E-state index contributed by atoms with van der Waals surface area (Å²) in [5, 5.41) is 14.8. The predicted octanol–water partition coefficient (Wildman–Crippen LogP) is 1.25. The van der Waals surface area contributed by atoms with E-state index in [4.69, 9.17) is 5.11 Å². The number of urea groups is 1. The third-order valence-corrected chi connectivity index (χ3v) is 3.01. The molecule has 1 saturated carbocycles. The van der Waals surface area contributed by atoms with Crippen molar-refractivity contribution in [2.45, 2.75) is 51.6 Å². The van der Waals surface area contributed by atoms with Gasteiger partial charge in [0, 0.05) is 6.04 Å². The van der Waals surface area contributed by atoms with Gasteiger partial charge >= 0.3 is 6.03 Å². The Morgan fingerprint density at radius 2 is 2.00 bits per heavy atom. The molecule has 4 heteroatoms. The molecule has 15 heavy (non-hydrogen) atoms. The number of hydrogen-bond acceptors (Lipinski definition) is 2. The summed E-state index contributed by atoms with van der Waals surface area (Å²) in [6.45, 7) is 3.96. The van der Waals surface area contributed by atoms with E-state index in [2.05, 4.69) is 10.6 Å². The van der Waals surface area contributed by atoms with Crippen molar-refractivity contribution in [2.75, 3.05) is 6.61 Å². The summed E-state index contributed by atoms with van der Waals surface area (Å²) in [6.07, 6.45) is 4.58. The second-order valence-corrected chi connectivity index (χ2v) is 4.63. The van der Waals surface area contributed by atoms with Gasteiger partial charge in [-0.05, 0) is 18.8 Å². The summed E-state index contributed by atoms with van der Waals surface area (Å²) in [5.74, 6) is 0.254. The summed E-state index contributed by atoms with van der Waals surface area (Å²) < 4.78 is 0. The number of carbonyl (C=O) groups is 1. The Hall–Kier alpha value is -0.770. The van der Waals surface area contributed by atoms with Gasteiger partial charge in [0.05, 0.1) is 12.6 Å². The van der Waals surface area contributed by atoms with Gasteiger partial charge in [0.25, 0.3) is 0 Å². The van der Waals surface area contributed by atoms with Crippen LogP contribution in [0.2, 0.25) is 0 Å². The van der Waals surface area contributed by atoms with Gasteiger partial charge in [0.15, 0.2) is 0 Å². The van der Waals surface area contributed by atoms with Crippen LogP contribution in [0.1, 0.15) is 39.5 Å². The third-order valence-electron chi connectivity index (χ3n) is 3.01. The average Bonchev–Trinajstić information content (AvgIpc) is 2.66. The molecule has 0 radical (unpaired) electrons. The highest BCUT2D eigenvalue weighted by molar-refractivity contribution is 5.74. The molecule has 0 aromatic heterocycles. The second-order valence-electron chi connectivity index (χ2n) is 4.63. The van der Waals surface area contributed by atoms with Crippen LogP contribution in [0.15, 0.2) is 0 Å². The fraction of sp³-hybridized carbons (Fsp3) is 0.909. The lowest BCUT2D eigenvalue weighted by atomic mass is 10.1. The number of hydrogen-bond donors (Lipinski definition) is 3. The SMILES string of the molecule is CC(C)C(CO)NC(=O)NC1CCCC1. The molecule has 3 N–H and O–H groups in total. The van der Waals surface area contributed by atoms with Gasteiger partial charge in [0.1, 0.15) is 0 Å². The summed E-state index contributed by atoms with van der Waals surface area (Å²) >= 11 is 0. The molecule has 2 amide bonds. The summed E-state index contributed by atoms with van der Waals surface area (Å²) in [6, 6.07) is 0.0394. The highest BCUT2D eigenvalue weighted by atomic mass is 16.3. The minimum absolute atomic E-state index is 0.00421. The molecular formula is C11H22N2O2. The minimum Gasteiger partial charge on any atom is -0.394 e. The molecule has 0 heterocycles. The molecule has 0 saturated heterocycles. The zero-order valence-corrected chi connectivity index (χ0v) is 9.62. The quantitative estimate of drug-likeness (QED) is 0.659. The maximum absolute atomic E-state index is 11.5. The minimum atomic E-state index is -0.147. The van der Waals surface area contributed by atoms with E-state index in [1.54, 1.807) is 0 Å². The molecule has 1 fully saturated rings. The molecule has 0 bridgehead atoms. The first-order valence-corrected chi connectivity index (χ1v) is 5.81. The van der Waals surface area contributed by atoms with Gasteiger partial charge in [-0.2, -0.15) is 0 Å². The lowest BCUT2D eigenvalue weighted by Crippen LogP contribution is -2.48. The lowest BCUT2D eigenvalue weighted by molar-refractivity contribution is 0.196. The Kier molecular flexibility index (Phi) is 4.88. The fourth-order valence-corrected chi connectivity index (χ4v) is 1.89. The van der Waals surface area contributed by atoms with Crippen LogP contribution in [0.4, 0.5) is 4.79 Å². The van der Waals surface area contributed by atoms with Gasteiger partial charge in [-0.3, -0.25) is 0 Å². The van der Waals surface area contributed by atoms with Crippen LogP contribution in [0.5, 0.6) is 0 Å². The van der Waals surface area contributed by atoms with Crippen LogP contribution in [0.25, 0.3) is 0 Å². The first-order valence-electron chi connectivity index (χ1n) is 5.81. The average molecular weight is 214 g/mol. The van der Waals surface area contributed by atoms with Crippen molar-refractivity contribution in [1.82, 2.24) is 10.6 Å². The van der Waals surface area contributed by atoms with E-state index in [9.17, 15) is 4.79 Å². The van der Waals surface area contributed by atoms with E-state index < -0.39 is 0 Å². The molecule has 1 atom stereocenters. The maximum atomic E-state index is 11.5. The standard InChI is InChI=1S/C11H22N2O2/c1-8(2)10(7-14)13-11(15)12-9-5-3-4-6-9/h8-10,14H,3-7H2,1-2H3,(H2,12,13,15). The molecular weight excluding hydrogens is 192 g/mol. The molecule has 0 aromatic carbocycles. The summed E-state index contributed by atoms with van der Waals surface area (Å²) in [7, 11) is 0. The van der Waals surface area contributed by atoms with Gasteiger partial charge in [-0.1, -0.05) is 26.7 Å². The Balaban J connectivity index is 2.27. The van der Waals surface area contributed by atoms with Gasteiger partial charge in [0.2, 0.25) is 0 Å². The highest BCUT2D eigenvalue weighted by Crippen LogP contribution is 2.17. The van der Waals surface area contributed by atoms with Crippen molar-refractivity contribution in [3.8, 4) is 0 Å². The van der Waals surface area contributed by atoms with E-state index in [-0.39, 0.29) is 24.6 Å². The highest BCUT2D eigenvalue weighted by Gasteiger charge is 2.19. The van der Waals surface area contributed by atoms with Crippen LogP contribution in [0.3, 0.4) is 0 Å². The molecule has 1 aliphatic carbocycles. The summed E-state index contributed by atoms with van der Waals surface area (Å²) in [5.41, 5.74) is 0. The van der Waals surface area contributed by atoms with Gasteiger partial charge in [-0.15, -0.1) is 0 Å². The molecule has 1 aliphatic rings. The van der Waals surface area contributed by atoms with Crippen molar-refractivity contribution in [1.29, 1.82) is 0 Å². The fourth-order valence-electron chi connectivity index (χ4n) is 1.89. The number of aliphatic hydroxyl groups is 1. The topological polar surface area (TPSA) is 61.4 Å². The smallest absolute Gasteiger partial charge is 0.315 e. The molecule has 4 nitrogen and oxygen atoms in total.